The molecule has 3 aromatic rings. The molecule has 1 unspecified atom stereocenters. The molecule has 1 atom stereocenters. The summed E-state index contributed by atoms with van der Waals surface area (Å²) in [6, 6.07) is 10.9. The Bertz CT molecular complexity index is 944. The highest BCUT2D eigenvalue weighted by Crippen LogP contribution is 2.29. The molecule has 0 aliphatic carbocycles. The molecule has 0 aliphatic rings. The number of nitrogens with one attached hydrogen (secondary N) is 1. The topological polar surface area (TPSA) is 76.9 Å². The van der Waals surface area contributed by atoms with Crippen LogP contribution in [0, 0.1) is 0 Å². The highest BCUT2D eigenvalue weighted by Gasteiger charge is 2.17. The minimum Gasteiger partial charge on any atom is -0.342 e. The largest absolute Gasteiger partial charge is 0.342 e. The Morgan fingerprint density at radius 1 is 1.27 bits per heavy atom. The van der Waals surface area contributed by atoms with Crippen molar-refractivity contribution in [1.29, 1.82) is 0 Å². The number of thiophene rings is 1. The van der Waals surface area contributed by atoms with Crippen molar-refractivity contribution in [3.05, 3.63) is 59.0 Å². The molecule has 1 N–H and O–H groups in total. The lowest BCUT2D eigenvalue weighted by Crippen LogP contribution is -2.28. The zero-order valence-corrected chi connectivity index (χ0v) is 15.7. The summed E-state index contributed by atoms with van der Waals surface area (Å²) in [4.78, 5) is 30.0. The van der Waals surface area contributed by atoms with Crippen molar-refractivity contribution >= 4 is 23.0 Å². The zero-order chi connectivity index (χ0) is 18.7. The van der Waals surface area contributed by atoms with Crippen molar-refractivity contribution in [3.63, 3.8) is 0 Å². The first-order chi connectivity index (χ1) is 12.5. The van der Waals surface area contributed by atoms with Gasteiger partial charge in [0.15, 0.2) is 5.78 Å². The van der Waals surface area contributed by atoms with E-state index in [-0.39, 0.29) is 17.7 Å². The number of ketones is 1. The van der Waals surface area contributed by atoms with Gasteiger partial charge in [-0.1, -0.05) is 12.1 Å². The smallest absolute Gasteiger partial charge is 0.251 e. The fourth-order valence-electron chi connectivity index (χ4n) is 2.69. The number of Topliss-reactive ketones (excluding diaryl/α,β-unsaturated/α-hetero) is 1. The fourth-order valence-corrected chi connectivity index (χ4v) is 3.59. The second-order valence-corrected chi connectivity index (χ2v) is 7.01. The first kappa shape index (κ1) is 18.0. The van der Waals surface area contributed by atoms with Crippen LogP contribution in [0.5, 0.6) is 0 Å². The maximum atomic E-state index is 12.6. The Hall–Kier alpha value is -2.80. The number of hydrogen-bond acceptors (Lipinski definition) is 5. The van der Waals surface area contributed by atoms with Crippen LogP contribution < -0.4 is 5.32 Å². The molecule has 0 aliphatic heterocycles. The van der Waals surface area contributed by atoms with E-state index in [4.69, 9.17) is 0 Å². The minimum atomic E-state index is -0.250. The number of hydrogen-bond donors (Lipinski definition) is 1. The van der Waals surface area contributed by atoms with Gasteiger partial charge >= 0.3 is 0 Å². The van der Waals surface area contributed by atoms with E-state index in [0.717, 1.165) is 16.3 Å². The van der Waals surface area contributed by atoms with Gasteiger partial charge in [0.2, 0.25) is 0 Å². The number of amides is 1. The van der Waals surface area contributed by atoms with Crippen LogP contribution in [0.1, 0.15) is 52.7 Å². The number of aryl methyl sites for hydroxylation is 1. The van der Waals surface area contributed by atoms with E-state index >= 15 is 0 Å². The zero-order valence-electron chi connectivity index (χ0n) is 14.9. The normalized spacial score (nSPS) is 12.0. The molecule has 0 fully saturated rings. The molecule has 2 aromatic heterocycles. The number of rotatable bonds is 6. The molecule has 7 heteroatoms. The van der Waals surface area contributed by atoms with E-state index in [1.807, 2.05) is 44.2 Å². The maximum Gasteiger partial charge on any atom is 0.251 e. The van der Waals surface area contributed by atoms with Crippen molar-refractivity contribution in [3.8, 4) is 10.4 Å². The van der Waals surface area contributed by atoms with Gasteiger partial charge < -0.3 is 5.32 Å². The maximum absolute atomic E-state index is 12.6. The summed E-state index contributed by atoms with van der Waals surface area (Å²) in [5.41, 5.74) is 1.48. The highest BCUT2D eigenvalue weighted by atomic mass is 32.1. The van der Waals surface area contributed by atoms with E-state index < -0.39 is 0 Å². The van der Waals surface area contributed by atoms with Gasteiger partial charge in [0, 0.05) is 17.0 Å². The first-order valence-electron chi connectivity index (χ1n) is 8.39. The van der Waals surface area contributed by atoms with Crippen LogP contribution in [0.4, 0.5) is 0 Å². The molecule has 26 heavy (non-hydrogen) atoms. The van der Waals surface area contributed by atoms with Crippen LogP contribution >= 0.6 is 11.3 Å². The van der Waals surface area contributed by atoms with E-state index in [1.165, 1.54) is 17.7 Å². The predicted molar refractivity (Wildman–Crippen MR) is 101 cm³/mol. The molecule has 1 aromatic carbocycles. The first-order valence-corrected chi connectivity index (χ1v) is 9.21. The van der Waals surface area contributed by atoms with Crippen LogP contribution in [0.25, 0.3) is 10.4 Å². The second kappa shape index (κ2) is 7.61. The molecule has 0 radical (unpaired) electrons. The lowest BCUT2D eigenvalue weighted by molar-refractivity contribution is 0.0936. The van der Waals surface area contributed by atoms with Gasteiger partial charge in [-0.3, -0.25) is 9.59 Å². The Morgan fingerprint density at radius 3 is 2.77 bits per heavy atom. The molecule has 0 bridgehead atoms. The lowest BCUT2D eigenvalue weighted by atomic mass is 10.1. The molecule has 0 saturated carbocycles. The molecule has 0 saturated heterocycles. The van der Waals surface area contributed by atoms with Crippen LogP contribution in [0.3, 0.4) is 0 Å². The van der Waals surface area contributed by atoms with Crippen LogP contribution in [0.15, 0.2) is 42.7 Å². The van der Waals surface area contributed by atoms with Gasteiger partial charge in [0.25, 0.3) is 5.91 Å². The predicted octanol–water partition coefficient (Wildman–Crippen LogP) is 3.72. The third kappa shape index (κ3) is 3.72. The van der Waals surface area contributed by atoms with E-state index in [2.05, 4.69) is 15.4 Å². The molecular formula is C19H20N4O2S. The third-order valence-electron chi connectivity index (χ3n) is 4.04. The lowest BCUT2D eigenvalue weighted by Gasteiger charge is -2.14. The van der Waals surface area contributed by atoms with E-state index in [0.29, 0.717) is 17.0 Å². The summed E-state index contributed by atoms with van der Waals surface area (Å²) >= 11 is 1.43. The SMILES string of the molecule is CCn1ncnc1C(C)NC(=O)c1cccc(-c2ccc(C(C)=O)s2)c1. The van der Waals surface area contributed by atoms with Crippen molar-refractivity contribution in [2.24, 2.45) is 0 Å². The Morgan fingerprint density at radius 2 is 2.08 bits per heavy atom. The average Bonchev–Trinajstić information content (AvgIpc) is 3.31. The Balaban J connectivity index is 1.78. The monoisotopic (exact) mass is 368 g/mol. The Labute approximate surface area is 155 Å². The summed E-state index contributed by atoms with van der Waals surface area (Å²) in [5.74, 6) is 0.596. The number of carbonyl (C=O) groups is 2. The molecule has 3 rings (SSSR count). The van der Waals surface area contributed by atoms with E-state index in [1.54, 1.807) is 17.7 Å². The van der Waals surface area contributed by atoms with Gasteiger partial charge in [-0.05, 0) is 50.6 Å². The van der Waals surface area contributed by atoms with Crippen LogP contribution in [0.2, 0.25) is 0 Å². The molecular weight excluding hydrogens is 348 g/mol. The summed E-state index contributed by atoms with van der Waals surface area (Å²) in [5, 5.41) is 7.10. The molecule has 134 valence electrons. The standard InChI is InChI=1S/C19H20N4O2S/c1-4-23-18(20-11-21-23)12(2)22-19(25)15-7-5-6-14(10-15)17-9-8-16(26-17)13(3)24/h5-12H,4H2,1-3H3,(H,22,25). The van der Waals surface area contributed by atoms with E-state index in [9.17, 15) is 9.59 Å². The summed E-state index contributed by atoms with van der Waals surface area (Å²) in [6.45, 7) is 6.11. The van der Waals surface area contributed by atoms with Crippen LogP contribution in [-0.4, -0.2) is 26.5 Å². The van der Waals surface area contributed by atoms with Crippen molar-refractivity contribution in [2.75, 3.05) is 0 Å². The second-order valence-electron chi connectivity index (χ2n) is 5.93. The summed E-state index contributed by atoms with van der Waals surface area (Å²) in [6.07, 6.45) is 1.49. The van der Waals surface area contributed by atoms with Gasteiger partial charge in [-0.2, -0.15) is 5.10 Å². The van der Waals surface area contributed by atoms with Gasteiger partial charge in [-0.15, -0.1) is 11.3 Å². The van der Waals surface area contributed by atoms with Gasteiger partial charge in [0.1, 0.15) is 12.2 Å². The fraction of sp³-hybridized carbons (Fsp3) is 0.263. The molecule has 0 spiro atoms. The van der Waals surface area contributed by atoms with Crippen molar-refractivity contribution in [1.82, 2.24) is 20.1 Å². The third-order valence-corrected chi connectivity index (χ3v) is 5.28. The van der Waals surface area contributed by atoms with Gasteiger partial charge in [-0.25, -0.2) is 9.67 Å². The average molecular weight is 368 g/mol. The molecule has 1 amide bonds. The highest BCUT2D eigenvalue weighted by molar-refractivity contribution is 7.17. The molecule has 2 heterocycles. The quantitative estimate of drug-likeness (QED) is 0.673. The number of nitrogens with zero attached hydrogens (tertiary/aromatic N) is 3. The Kier molecular flexibility index (Phi) is 5.27. The minimum absolute atomic E-state index is 0.0454. The summed E-state index contributed by atoms with van der Waals surface area (Å²) < 4.78 is 1.76. The van der Waals surface area contributed by atoms with Gasteiger partial charge in [0.05, 0.1) is 10.9 Å². The number of aromatic nitrogens is 3. The van der Waals surface area contributed by atoms with Crippen molar-refractivity contribution in [2.45, 2.75) is 33.4 Å². The van der Waals surface area contributed by atoms with Crippen molar-refractivity contribution < 1.29 is 9.59 Å². The summed E-state index contributed by atoms with van der Waals surface area (Å²) in [7, 11) is 0. The number of carbonyl (C=O) groups excluding carboxylic acids is 2. The van der Waals surface area contributed by atoms with Crippen LogP contribution in [-0.2, 0) is 6.54 Å². The molecule has 6 nitrogen and oxygen atoms in total. The number of benzene rings is 1.